The van der Waals surface area contributed by atoms with Gasteiger partial charge in [-0.25, -0.2) is 4.98 Å². The van der Waals surface area contributed by atoms with Crippen molar-refractivity contribution < 1.29 is 9.59 Å². The van der Waals surface area contributed by atoms with E-state index in [1.165, 1.54) is 0 Å². The number of ketones is 1. The molecule has 0 aliphatic carbocycles. The number of H-pyrrole nitrogens is 2. The lowest BCUT2D eigenvalue weighted by Gasteiger charge is -2.17. The molecule has 6 nitrogen and oxygen atoms in total. The summed E-state index contributed by atoms with van der Waals surface area (Å²) in [5.74, 6) is 1.04. The maximum absolute atomic E-state index is 13.0. The molecule has 2 aromatic heterocycles. The summed E-state index contributed by atoms with van der Waals surface area (Å²) in [4.78, 5) is 35.7. The zero-order valence-corrected chi connectivity index (χ0v) is 19.6. The Balaban J connectivity index is 1.42. The molecule has 2 aromatic carbocycles. The van der Waals surface area contributed by atoms with E-state index >= 15 is 0 Å². The molecule has 0 aliphatic heterocycles. The van der Waals surface area contributed by atoms with Gasteiger partial charge < -0.3 is 15.3 Å². The Bertz CT molecular complexity index is 1230. The van der Waals surface area contributed by atoms with Gasteiger partial charge in [0.25, 0.3) is 0 Å². The van der Waals surface area contributed by atoms with Gasteiger partial charge in [0.2, 0.25) is 5.91 Å². The van der Waals surface area contributed by atoms with Crippen molar-refractivity contribution in [2.75, 3.05) is 0 Å². The van der Waals surface area contributed by atoms with Gasteiger partial charge in [0.1, 0.15) is 11.6 Å². The minimum absolute atomic E-state index is 0.0327. The largest absolute Gasteiger partial charge is 0.361 e. The molecule has 6 heteroatoms. The van der Waals surface area contributed by atoms with Gasteiger partial charge in [-0.2, -0.15) is 0 Å². The lowest BCUT2D eigenvalue weighted by atomic mass is 10.0. The molecule has 1 atom stereocenters. The predicted molar refractivity (Wildman–Crippen MR) is 135 cm³/mol. The number of nitrogens with one attached hydrogen (secondary N) is 3. The first kappa shape index (κ1) is 23.5. The molecule has 0 saturated heterocycles. The third kappa shape index (κ3) is 6.22. The van der Waals surface area contributed by atoms with Crippen LogP contribution in [0.5, 0.6) is 0 Å². The summed E-state index contributed by atoms with van der Waals surface area (Å²) in [6.07, 6.45) is 8.78. The fraction of sp³-hybridized carbons (Fsp3) is 0.321. The first-order chi connectivity index (χ1) is 16.6. The van der Waals surface area contributed by atoms with Gasteiger partial charge in [-0.05, 0) is 41.5 Å². The Morgan fingerprint density at radius 1 is 1.03 bits per heavy atom. The van der Waals surface area contributed by atoms with Crippen LogP contribution >= 0.6 is 0 Å². The molecule has 0 bridgehead atoms. The number of rotatable bonds is 12. The number of aromatic nitrogens is 3. The van der Waals surface area contributed by atoms with Gasteiger partial charge in [-0.15, -0.1) is 0 Å². The number of aromatic amines is 2. The molecule has 34 heavy (non-hydrogen) atoms. The molecular weight excluding hydrogens is 424 g/mol. The van der Waals surface area contributed by atoms with E-state index in [9.17, 15) is 9.59 Å². The van der Waals surface area contributed by atoms with Gasteiger partial charge in [0.05, 0.1) is 24.4 Å². The van der Waals surface area contributed by atoms with E-state index in [1.54, 1.807) is 0 Å². The Kier molecular flexibility index (Phi) is 7.91. The number of carbonyl (C=O) groups is 2. The summed E-state index contributed by atoms with van der Waals surface area (Å²) < 4.78 is 0. The number of imidazole rings is 1. The second-order valence-corrected chi connectivity index (χ2v) is 8.74. The highest BCUT2D eigenvalue weighted by Gasteiger charge is 2.18. The van der Waals surface area contributed by atoms with Crippen LogP contribution < -0.4 is 5.32 Å². The Morgan fingerprint density at radius 3 is 2.71 bits per heavy atom. The second kappa shape index (κ2) is 11.5. The molecule has 0 fully saturated rings. The van der Waals surface area contributed by atoms with Crippen molar-refractivity contribution in [1.82, 2.24) is 20.3 Å². The monoisotopic (exact) mass is 456 g/mol. The molecule has 3 N–H and O–H groups in total. The quantitative estimate of drug-likeness (QED) is 0.232. The fourth-order valence-corrected chi connectivity index (χ4v) is 4.22. The van der Waals surface area contributed by atoms with Crippen molar-refractivity contribution in [3.63, 3.8) is 0 Å². The van der Waals surface area contributed by atoms with Crippen LogP contribution in [0.15, 0.2) is 67.0 Å². The van der Waals surface area contributed by atoms with Gasteiger partial charge in [0, 0.05) is 24.6 Å². The van der Waals surface area contributed by atoms with Gasteiger partial charge >= 0.3 is 0 Å². The Hall–Kier alpha value is -3.67. The van der Waals surface area contributed by atoms with Crippen LogP contribution in [0.1, 0.15) is 62.9 Å². The Morgan fingerprint density at radius 2 is 1.88 bits per heavy atom. The number of hydrogen-bond acceptors (Lipinski definition) is 3. The number of carbonyl (C=O) groups excluding carboxylic acids is 2. The number of benzene rings is 2. The summed E-state index contributed by atoms with van der Waals surface area (Å²) in [6.45, 7) is 1.91. The topological polar surface area (TPSA) is 90.6 Å². The average Bonchev–Trinajstić information content (AvgIpc) is 3.53. The minimum Gasteiger partial charge on any atom is -0.361 e. The van der Waals surface area contributed by atoms with Crippen molar-refractivity contribution >= 4 is 22.6 Å². The van der Waals surface area contributed by atoms with Crippen molar-refractivity contribution in [2.45, 2.75) is 57.9 Å². The number of nitrogens with zero attached hydrogens (tertiary/aromatic N) is 1. The molecule has 0 radical (unpaired) electrons. The predicted octanol–water partition coefficient (Wildman–Crippen LogP) is 5.89. The zero-order chi connectivity index (χ0) is 23.8. The van der Waals surface area contributed by atoms with Crippen LogP contribution in [0.4, 0.5) is 0 Å². The molecule has 1 amide bonds. The molecule has 4 aromatic rings. The fourth-order valence-electron chi connectivity index (χ4n) is 4.22. The smallest absolute Gasteiger partial charge is 0.225 e. The maximum Gasteiger partial charge on any atom is 0.225 e. The summed E-state index contributed by atoms with van der Waals surface area (Å²) in [7, 11) is 0. The van der Waals surface area contributed by atoms with E-state index in [4.69, 9.17) is 0 Å². The number of unbranched alkanes of at least 4 members (excludes halogenated alkanes) is 2. The standard InChI is InChI=1S/C28H32N4O2/c1-2-23(33)11-7-4-8-12-24(28-30-19-26(32-28)21-9-5-3-6-10-21)31-27(34)18-20-13-14-22-15-16-29-25(22)17-20/h3,5-6,9-10,13-17,19,24,29H,2,4,7-8,11-12,18H2,1H3,(H,30,32)(H,31,34)/t24-/m0/s1. The van der Waals surface area contributed by atoms with Crippen molar-refractivity contribution in [3.05, 3.63) is 78.4 Å². The molecule has 2 heterocycles. The molecule has 0 saturated carbocycles. The van der Waals surface area contributed by atoms with E-state index in [-0.39, 0.29) is 11.9 Å². The van der Waals surface area contributed by atoms with Crippen molar-refractivity contribution in [1.29, 1.82) is 0 Å². The third-order valence-corrected chi connectivity index (χ3v) is 6.17. The number of amides is 1. The molecule has 4 rings (SSSR count). The van der Waals surface area contributed by atoms with E-state index in [0.717, 1.165) is 59.2 Å². The van der Waals surface area contributed by atoms with Crippen LogP contribution in [-0.4, -0.2) is 26.6 Å². The average molecular weight is 457 g/mol. The van der Waals surface area contributed by atoms with Gasteiger partial charge in [-0.3, -0.25) is 9.59 Å². The highest BCUT2D eigenvalue weighted by molar-refractivity contribution is 5.83. The van der Waals surface area contributed by atoms with E-state index in [1.807, 2.05) is 73.9 Å². The van der Waals surface area contributed by atoms with Crippen LogP contribution in [0, 0.1) is 0 Å². The van der Waals surface area contributed by atoms with Crippen LogP contribution in [0.3, 0.4) is 0 Å². The summed E-state index contributed by atoms with van der Waals surface area (Å²) in [5, 5.41) is 4.32. The minimum atomic E-state index is -0.207. The van der Waals surface area contributed by atoms with Crippen LogP contribution in [-0.2, 0) is 16.0 Å². The summed E-state index contributed by atoms with van der Waals surface area (Å²) >= 11 is 0. The molecule has 176 valence electrons. The number of hydrogen-bond donors (Lipinski definition) is 3. The maximum atomic E-state index is 13.0. The highest BCUT2D eigenvalue weighted by atomic mass is 16.1. The lowest BCUT2D eigenvalue weighted by molar-refractivity contribution is -0.121. The molecule has 0 unspecified atom stereocenters. The molecule has 0 spiro atoms. The molecule has 0 aliphatic rings. The first-order valence-corrected chi connectivity index (χ1v) is 12.1. The van der Waals surface area contributed by atoms with Crippen molar-refractivity contribution in [3.8, 4) is 11.3 Å². The third-order valence-electron chi connectivity index (χ3n) is 6.17. The summed E-state index contributed by atoms with van der Waals surface area (Å²) in [5.41, 5.74) is 3.99. The van der Waals surface area contributed by atoms with E-state index < -0.39 is 0 Å². The van der Waals surface area contributed by atoms with Crippen LogP contribution in [0.25, 0.3) is 22.2 Å². The number of Topliss-reactive ketones (excluding diaryl/α,β-unsaturated/α-hetero) is 1. The van der Waals surface area contributed by atoms with Gasteiger partial charge in [-0.1, -0.05) is 62.2 Å². The lowest BCUT2D eigenvalue weighted by Crippen LogP contribution is -2.30. The van der Waals surface area contributed by atoms with E-state index in [2.05, 4.69) is 20.3 Å². The van der Waals surface area contributed by atoms with E-state index in [0.29, 0.717) is 25.0 Å². The van der Waals surface area contributed by atoms with Gasteiger partial charge in [0.15, 0.2) is 0 Å². The van der Waals surface area contributed by atoms with Crippen LogP contribution in [0.2, 0.25) is 0 Å². The first-order valence-electron chi connectivity index (χ1n) is 12.1. The second-order valence-electron chi connectivity index (χ2n) is 8.74. The SMILES string of the molecule is CCC(=O)CCCCC[C@H](NC(=O)Cc1ccc2cc[nH]c2c1)c1ncc(-c2ccccc2)[nH]1. The normalized spacial score (nSPS) is 12.0. The summed E-state index contributed by atoms with van der Waals surface area (Å²) in [6, 6.07) is 17.9. The zero-order valence-electron chi connectivity index (χ0n) is 19.6. The highest BCUT2D eigenvalue weighted by Crippen LogP contribution is 2.23. The Labute approximate surface area is 200 Å². The number of fused-ring (bicyclic) bond motifs is 1. The van der Waals surface area contributed by atoms with Crippen molar-refractivity contribution in [2.24, 2.45) is 0 Å². The molecular formula is C28H32N4O2.